The molecular formula is C17H19F3N4O3S. The molecule has 0 aliphatic carbocycles. The van der Waals surface area contributed by atoms with Gasteiger partial charge in [-0.3, -0.25) is 0 Å². The first kappa shape index (κ1) is 20.5. The van der Waals surface area contributed by atoms with E-state index in [4.69, 9.17) is 4.42 Å². The van der Waals surface area contributed by atoms with Gasteiger partial charge < -0.3 is 24.1 Å². The summed E-state index contributed by atoms with van der Waals surface area (Å²) < 4.78 is 44.9. The normalized spacial score (nSPS) is 15.8. The number of carboxylic acid groups (broad SMARTS) is 1. The molecule has 0 amide bonds. The summed E-state index contributed by atoms with van der Waals surface area (Å²) in [5.74, 6) is -1.16. The number of furan rings is 1. The summed E-state index contributed by atoms with van der Waals surface area (Å²) in [5, 5.41) is 10.7. The SMILES string of the molecule is CC[NH+]1CCN(c2cc(C(F)(F)F)nc(SCc3ccc(C(=O)[O-])o3)n2)CC1. The van der Waals surface area contributed by atoms with Gasteiger partial charge in [-0.05, 0) is 19.1 Å². The van der Waals surface area contributed by atoms with Crippen molar-refractivity contribution in [2.24, 2.45) is 0 Å². The fourth-order valence-electron chi connectivity index (χ4n) is 2.89. The van der Waals surface area contributed by atoms with Crippen LogP contribution in [0.3, 0.4) is 0 Å². The van der Waals surface area contributed by atoms with Gasteiger partial charge in [0.15, 0.2) is 10.9 Å². The Bertz CT molecular complexity index is 835. The number of aromatic carboxylic acids is 1. The molecule has 3 rings (SSSR count). The monoisotopic (exact) mass is 416 g/mol. The highest BCUT2D eigenvalue weighted by molar-refractivity contribution is 7.98. The van der Waals surface area contributed by atoms with Crippen molar-refractivity contribution in [2.45, 2.75) is 24.0 Å². The van der Waals surface area contributed by atoms with E-state index in [0.29, 0.717) is 13.1 Å². The van der Waals surface area contributed by atoms with Crippen molar-refractivity contribution >= 4 is 23.5 Å². The van der Waals surface area contributed by atoms with Crippen LogP contribution >= 0.6 is 11.8 Å². The lowest BCUT2D eigenvalue weighted by Gasteiger charge is -2.32. The predicted octanol–water partition coefficient (Wildman–Crippen LogP) is 0.469. The second kappa shape index (κ2) is 8.39. The van der Waals surface area contributed by atoms with E-state index >= 15 is 0 Å². The van der Waals surface area contributed by atoms with Gasteiger partial charge in [-0.15, -0.1) is 0 Å². The van der Waals surface area contributed by atoms with Crippen LogP contribution in [0.2, 0.25) is 0 Å². The number of hydrogen-bond donors (Lipinski definition) is 1. The van der Waals surface area contributed by atoms with Crippen LogP contribution in [-0.4, -0.2) is 48.7 Å². The predicted molar refractivity (Wildman–Crippen MR) is 93.1 cm³/mol. The summed E-state index contributed by atoms with van der Waals surface area (Å²) in [7, 11) is 0. The number of thioether (sulfide) groups is 1. The topological polar surface area (TPSA) is 86.7 Å². The van der Waals surface area contributed by atoms with Crippen molar-refractivity contribution in [3.8, 4) is 0 Å². The van der Waals surface area contributed by atoms with Crippen molar-refractivity contribution in [3.63, 3.8) is 0 Å². The van der Waals surface area contributed by atoms with Gasteiger partial charge in [0.2, 0.25) is 0 Å². The minimum Gasteiger partial charge on any atom is -0.542 e. The molecule has 0 radical (unpaired) electrons. The molecule has 0 saturated carbocycles. The molecule has 0 aromatic carbocycles. The van der Waals surface area contributed by atoms with Gasteiger partial charge in [-0.1, -0.05) is 11.8 Å². The lowest BCUT2D eigenvalue weighted by atomic mass is 10.3. The molecule has 2 aromatic heterocycles. The molecule has 0 unspecified atom stereocenters. The standard InChI is InChI=1S/C17H19F3N4O3S/c1-2-23-5-7-24(8-6-23)14-9-13(17(18,19)20)21-16(22-14)28-10-11-3-4-12(27-11)15(25)26/h3-4,9H,2,5-8,10H2,1H3,(H,25,26). The molecule has 1 N–H and O–H groups in total. The molecule has 152 valence electrons. The van der Waals surface area contributed by atoms with Crippen molar-refractivity contribution < 1.29 is 32.4 Å². The first-order valence-corrected chi connectivity index (χ1v) is 9.72. The molecule has 0 bridgehead atoms. The van der Waals surface area contributed by atoms with Crippen LogP contribution in [0.15, 0.2) is 27.8 Å². The van der Waals surface area contributed by atoms with Crippen molar-refractivity contribution in [2.75, 3.05) is 37.6 Å². The average molecular weight is 416 g/mol. The van der Waals surface area contributed by atoms with E-state index in [1.54, 1.807) is 0 Å². The second-order valence-electron chi connectivity index (χ2n) is 6.32. The number of alkyl halides is 3. The number of anilines is 1. The Balaban J connectivity index is 1.78. The Labute approximate surface area is 163 Å². The molecule has 28 heavy (non-hydrogen) atoms. The lowest BCUT2D eigenvalue weighted by molar-refractivity contribution is -0.898. The highest BCUT2D eigenvalue weighted by atomic mass is 32.2. The van der Waals surface area contributed by atoms with E-state index < -0.39 is 17.8 Å². The van der Waals surface area contributed by atoms with Crippen molar-refractivity contribution in [1.82, 2.24) is 9.97 Å². The number of carboxylic acids is 1. The quantitative estimate of drug-likeness (QED) is 0.541. The Morgan fingerprint density at radius 3 is 2.61 bits per heavy atom. The van der Waals surface area contributed by atoms with E-state index in [2.05, 4.69) is 16.9 Å². The first-order valence-electron chi connectivity index (χ1n) is 8.74. The van der Waals surface area contributed by atoms with Crippen LogP contribution in [0.1, 0.15) is 28.9 Å². The highest BCUT2D eigenvalue weighted by Gasteiger charge is 2.34. The van der Waals surface area contributed by atoms with Crippen LogP contribution in [0, 0.1) is 0 Å². The second-order valence-corrected chi connectivity index (χ2v) is 7.27. The number of rotatable bonds is 6. The maximum atomic E-state index is 13.3. The van der Waals surface area contributed by atoms with E-state index in [-0.39, 0.29) is 28.2 Å². The maximum Gasteiger partial charge on any atom is 0.433 e. The number of hydrogen-bond acceptors (Lipinski definition) is 7. The highest BCUT2D eigenvalue weighted by Crippen LogP contribution is 2.32. The number of halogens is 3. The van der Waals surface area contributed by atoms with Gasteiger partial charge >= 0.3 is 6.18 Å². The molecule has 1 saturated heterocycles. The Morgan fingerprint density at radius 2 is 2.04 bits per heavy atom. The van der Waals surface area contributed by atoms with E-state index in [0.717, 1.165) is 37.5 Å². The van der Waals surface area contributed by atoms with Crippen molar-refractivity contribution in [1.29, 1.82) is 0 Å². The number of carbonyl (C=O) groups is 1. The van der Waals surface area contributed by atoms with Gasteiger partial charge in [0.1, 0.15) is 23.3 Å². The third kappa shape index (κ3) is 4.96. The van der Waals surface area contributed by atoms with Gasteiger partial charge in [0, 0.05) is 6.07 Å². The van der Waals surface area contributed by atoms with Gasteiger partial charge in [-0.25, -0.2) is 9.97 Å². The van der Waals surface area contributed by atoms with Gasteiger partial charge in [0.05, 0.1) is 38.5 Å². The minimum atomic E-state index is -4.59. The van der Waals surface area contributed by atoms with E-state index in [1.807, 2.05) is 4.90 Å². The molecule has 0 atom stereocenters. The summed E-state index contributed by atoms with van der Waals surface area (Å²) in [6.45, 7) is 5.96. The lowest BCUT2D eigenvalue weighted by Crippen LogP contribution is -3.14. The minimum absolute atomic E-state index is 0.0403. The summed E-state index contributed by atoms with van der Waals surface area (Å²) in [6, 6.07) is 3.64. The van der Waals surface area contributed by atoms with Crippen LogP contribution in [0.4, 0.5) is 19.0 Å². The molecule has 1 fully saturated rings. The summed E-state index contributed by atoms with van der Waals surface area (Å²) in [6.07, 6.45) is -4.59. The maximum absolute atomic E-state index is 13.3. The molecule has 11 heteroatoms. The fraction of sp³-hybridized carbons (Fsp3) is 0.471. The first-order chi connectivity index (χ1) is 13.3. The number of aromatic nitrogens is 2. The third-order valence-electron chi connectivity index (χ3n) is 4.48. The zero-order valence-corrected chi connectivity index (χ0v) is 15.9. The summed E-state index contributed by atoms with van der Waals surface area (Å²) in [5.41, 5.74) is -1.000. The van der Waals surface area contributed by atoms with E-state index in [9.17, 15) is 23.1 Å². The Morgan fingerprint density at radius 1 is 1.32 bits per heavy atom. The average Bonchev–Trinajstić information content (AvgIpc) is 3.15. The zero-order chi connectivity index (χ0) is 20.3. The smallest absolute Gasteiger partial charge is 0.433 e. The number of nitrogens with one attached hydrogen (secondary N) is 1. The number of piperazine rings is 1. The Kier molecular flexibility index (Phi) is 6.14. The number of nitrogens with zero attached hydrogens (tertiary/aromatic N) is 3. The fourth-order valence-corrected chi connectivity index (χ4v) is 3.64. The van der Waals surface area contributed by atoms with Gasteiger partial charge in [-0.2, -0.15) is 13.2 Å². The molecule has 7 nitrogen and oxygen atoms in total. The van der Waals surface area contributed by atoms with Crippen molar-refractivity contribution in [3.05, 3.63) is 35.4 Å². The molecule has 0 spiro atoms. The zero-order valence-electron chi connectivity index (χ0n) is 15.1. The summed E-state index contributed by atoms with van der Waals surface area (Å²) in [4.78, 5) is 21.9. The summed E-state index contributed by atoms with van der Waals surface area (Å²) >= 11 is 0.951. The Hall–Kier alpha value is -2.27. The third-order valence-corrected chi connectivity index (χ3v) is 5.35. The van der Waals surface area contributed by atoms with Crippen LogP contribution in [0.5, 0.6) is 0 Å². The van der Waals surface area contributed by atoms with E-state index in [1.165, 1.54) is 17.0 Å². The number of likely N-dealkylation sites (N-methyl/N-ethyl adjacent to an activating group) is 1. The van der Waals surface area contributed by atoms with Gasteiger partial charge in [0.25, 0.3) is 0 Å². The number of carbonyl (C=O) groups excluding carboxylic acids is 1. The van der Waals surface area contributed by atoms with Crippen LogP contribution < -0.4 is 14.9 Å². The molecular weight excluding hydrogens is 397 g/mol. The molecule has 1 aliphatic heterocycles. The molecule has 3 heterocycles. The van der Waals surface area contributed by atoms with Crippen LogP contribution in [0.25, 0.3) is 0 Å². The van der Waals surface area contributed by atoms with Crippen LogP contribution in [-0.2, 0) is 11.9 Å². The largest absolute Gasteiger partial charge is 0.542 e. The molecule has 2 aromatic rings. The molecule has 1 aliphatic rings. The number of quaternary nitrogens is 1.